The molecule has 13 nitrogen and oxygen atoms in total. The van der Waals surface area contributed by atoms with Gasteiger partial charge in [0.2, 0.25) is 0 Å². The number of carboxylic acid groups (broad SMARTS) is 1. The second-order valence-corrected chi connectivity index (χ2v) is 6.01. The molecule has 0 heterocycles. The van der Waals surface area contributed by atoms with Crippen molar-refractivity contribution in [2.45, 2.75) is 44.3 Å². The van der Waals surface area contributed by atoms with Crippen LogP contribution < -0.4 is 5.73 Å². The lowest BCUT2D eigenvalue weighted by Crippen LogP contribution is -2.46. The Morgan fingerprint density at radius 2 is 1.44 bits per heavy atom. The number of aliphatic hydroxyl groups is 5. The fourth-order valence-electron chi connectivity index (χ4n) is 0.903. The first kappa shape index (κ1) is 28.8. The van der Waals surface area contributed by atoms with E-state index in [1.807, 2.05) is 0 Å². The fraction of sp³-hybridized carbons (Fsp3) is 0.818. The number of aliphatic hydroxyl groups excluding tert-OH is 5. The van der Waals surface area contributed by atoms with E-state index in [1.54, 1.807) is 13.8 Å². The molecule has 11 N–H and O–H groups in total. The molecule has 0 aromatic heterocycles. The summed E-state index contributed by atoms with van der Waals surface area (Å²) < 4.78 is 8.88. The number of carbonyl (C=O) groups excluding carboxylic acids is 1. The van der Waals surface area contributed by atoms with Gasteiger partial charge in [-0.1, -0.05) is 13.8 Å². The van der Waals surface area contributed by atoms with E-state index in [2.05, 4.69) is 0 Å². The van der Waals surface area contributed by atoms with Crippen LogP contribution in [0.15, 0.2) is 0 Å². The Hall–Kier alpha value is -0.990. The quantitative estimate of drug-likeness (QED) is 0.145. The first-order chi connectivity index (χ1) is 11.1. The molecule has 0 bridgehead atoms. The van der Waals surface area contributed by atoms with Crippen LogP contribution in [0.5, 0.6) is 0 Å². The molecule has 0 aromatic rings. The highest BCUT2D eigenvalue weighted by molar-refractivity contribution is 7.45. The van der Waals surface area contributed by atoms with Crippen molar-refractivity contribution < 1.29 is 59.5 Å². The Kier molecular flexibility index (Phi) is 16.4. The number of hydrogen-bond acceptors (Lipinski definition) is 9. The standard InChI is InChI=1S/C6H12O6.C5H11NO2.H3O4P/c7-1-3(9)5(11)6(12)4(10)2-8;1-3(2)4(6)5(7)8;1-5(2,3)4/h1,3-6,8-12H,2H2;3-4H,6H2,1-2H3,(H,7,8);(H3,1,2,3,4). The number of carbonyl (C=O) groups is 2. The Balaban J connectivity index is -0.000000321. The molecular formula is C11H26NO12P. The van der Waals surface area contributed by atoms with Crippen molar-refractivity contribution in [2.24, 2.45) is 11.7 Å². The van der Waals surface area contributed by atoms with Crippen LogP contribution in [0, 0.1) is 5.92 Å². The van der Waals surface area contributed by atoms with Gasteiger partial charge in [-0.25, -0.2) is 4.57 Å². The lowest BCUT2D eigenvalue weighted by atomic mass is 10.0. The molecule has 0 rings (SSSR count). The molecule has 0 amide bonds. The van der Waals surface area contributed by atoms with E-state index in [9.17, 15) is 9.59 Å². The van der Waals surface area contributed by atoms with Gasteiger partial charge < -0.3 is 55.8 Å². The predicted octanol–water partition coefficient (Wildman–Crippen LogP) is -4.25. The van der Waals surface area contributed by atoms with Crippen molar-refractivity contribution >= 4 is 20.1 Å². The van der Waals surface area contributed by atoms with Crippen LogP contribution in [0.25, 0.3) is 0 Å². The SMILES string of the molecule is CC(C)C(N)C(=O)O.O=CC(O)C(O)C(O)C(O)CO.O=P(O)(O)O. The van der Waals surface area contributed by atoms with Gasteiger partial charge in [-0.15, -0.1) is 0 Å². The van der Waals surface area contributed by atoms with Gasteiger partial charge in [0.25, 0.3) is 0 Å². The van der Waals surface area contributed by atoms with Crippen molar-refractivity contribution in [3.05, 3.63) is 0 Å². The lowest BCUT2D eigenvalue weighted by Gasteiger charge is -2.22. The van der Waals surface area contributed by atoms with Gasteiger partial charge in [0.1, 0.15) is 30.5 Å². The topological polar surface area (TPSA) is 259 Å². The molecule has 152 valence electrons. The first-order valence-electron chi connectivity index (χ1n) is 6.65. The largest absolute Gasteiger partial charge is 0.480 e. The van der Waals surface area contributed by atoms with E-state index in [0.717, 1.165) is 0 Å². The van der Waals surface area contributed by atoms with Gasteiger partial charge in [-0.3, -0.25) is 4.79 Å². The first-order valence-corrected chi connectivity index (χ1v) is 8.21. The summed E-state index contributed by atoms with van der Waals surface area (Å²) in [5.41, 5.74) is 5.16. The molecule has 0 saturated heterocycles. The molecule has 0 aliphatic rings. The molecule has 14 heteroatoms. The number of aldehydes is 1. The highest BCUT2D eigenvalue weighted by atomic mass is 31.2. The lowest BCUT2D eigenvalue weighted by molar-refractivity contribution is -0.139. The van der Waals surface area contributed by atoms with Crippen LogP contribution in [0.1, 0.15) is 13.8 Å². The third-order valence-electron chi connectivity index (χ3n) is 2.42. The van der Waals surface area contributed by atoms with Crippen LogP contribution in [-0.4, -0.2) is 94.6 Å². The maximum Gasteiger partial charge on any atom is 0.466 e. The molecule has 25 heavy (non-hydrogen) atoms. The number of phosphoric acid groups is 1. The third-order valence-corrected chi connectivity index (χ3v) is 2.42. The number of hydrogen-bond donors (Lipinski definition) is 10. The van der Waals surface area contributed by atoms with Gasteiger partial charge in [-0.05, 0) is 5.92 Å². The van der Waals surface area contributed by atoms with Crippen molar-refractivity contribution in [1.82, 2.24) is 0 Å². The van der Waals surface area contributed by atoms with Crippen LogP contribution in [0.4, 0.5) is 0 Å². The number of nitrogens with two attached hydrogens (primary N) is 1. The molecule has 0 saturated carbocycles. The summed E-state index contributed by atoms with van der Waals surface area (Å²) in [6.45, 7) is 2.79. The van der Waals surface area contributed by atoms with Crippen molar-refractivity contribution in [1.29, 1.82) is 0 Å². The Morgan fingerprint density at radius 1 is 1.08 bits per heavy atom. The Labute approximate surface area is 143 Å². The summed E-state index contributed by atoms with van der Waals surface area (Å²) in [6, 6.07) is -0.713. The Morgan fingerprint density at radius 3 is 1.60 bits per heavy atom. The van der Waals surface area contributed by atoms with E-state index in [4.69, 9.17) is 55.6 Å². The van der Waals surface area contributed by atoms with E-state index >= 15 is 0 Å². The zero-order chi connectivity index (χ0) is 21.0. The molecule has 0 spiro atoms. The van der Waals surface area contributed by atoms with Gasteiger partial charge in [-0.2, -0.15) is 0 Å². The summed E-state index contributed by atoms with van der Waals surface area (Å²) in [6.07, 6.45) is -6.84. The molecular weight excluding hydrogens is 369 g/mol. The minimum absolute atomic E-state index is 0.0208. The second-order valence-electron chi connectivity index (χ2n) is 4.98. The van der Waals surface area contributed by atoms with Crippen molar-refractivity contribution in [2.75, 3.05) is 6.61 Å². The van der Waals surface area contributed by atoms with Gasteiger partial charge in [0.05, 0.1) is 6.61 Å². The average molecular weight is 395 g/mol. The van der Waals surface area contributed by atoms with Crippen LogP contribution in [0.3, 0.4) is 0 Å². The van der Waals surface area contributed by atoms with Gasteiger partial charge >= 0.3 is 13.8 Å². The maximum absolute atomic E-state index is 10.0. The molecule has 0 fully saturated rings. The van der Waals surface area contributed by atoms with Crippen LogP contribution in [-0.2, 0) is 14.2 Å². The van der Waals surface area contributed by atoms with Gasteiger partial charge in [0.15, 0.2) is 6.29 Å². The molecule has 0 aliphatic heterocycles. The molecule has 0 aliphatic carbocycles. The minimum Gasteiger partial charge on any atom is -0.480 e. The number of aliphatic carboxylic acids is 1. The van der Waals surface area contributed by atoms with Gasteiger partial charge in [0, 0.05) is 0 Å². The molecule has 5 atom stereocenters. The van der Waals surface area contributed by atoms with Crippen molar-refractivity contribution in [3.63, 3.8) is 0 Å². The minimum atomic E-state index is -4.64. The average Bonchev–Trinajstić information content (AvgIpc) is 2.49. The van der Waals surface area contributed by atoms with E-state index < -0.39 is 50.9 Å². The second kappa shape index (κ2) is 14.2. The fourth-order valence-corrected chi connectivity index (χ4v) is 0.903. The molecule has 0 radical (unpaired) electrons. The summed E-state index contributed by atoms with van der Waals surface area (Å²) in [5.74, 6) is -0.910. The summed E-state index contributed by atoms with van der Waals surface area (Å²) in [4.78, 5) is 41.5. The van der Waals surface area contributed by atoms with Crippen molar-refractivity contribution in [3.8, 4) is 0 Å². The van der Waals surface area contributed by atoms with E-state index in [-0.39, 0.29) is 12.2 Å². The monoisotopic (exact) mass is 395 g/mol. The van der Waals surface area contributed by atoms with E-state index in [1.165, 1.54) is 0 Å². The summed E-state index contributed by atoms with van der Waals surface area (Å²) in [7, 11) is -4.64. The van der Waals surface area contributed by atoms with Crippen LogP contribution >= 0.6 is 7.82 Å². The smallest absolute Gasteiger partial charge is 0.466 e. The van der Waals surface area contributed by atoms with E-state index in [0.29, 0.717) is 0 Å². The summed E-state index contributed by atoms with van der Waals surface area (Å²) >= 11 is 0. The highest BCUT2D eigenvalue weighted by Crippen LogP contribution is 2.25. The third kappa shape index (κ3) is 19.2. The summed E-state index contributed by atoms with van der Waals surface area (Å²) in [5, 5.41) is 51.8. The zero-order valence-corrected chi connectivity index (χ0v) is 14.4. The Bertz CT molecular complexity index is 406. The van der Waals surface area contributed by atoms with Crippen LogP contribution in [0.2, 0.25) is 0 Å². The molecule has 0 aromatic carbocycles. The predicted molar refractivity (Wildman–Crippen MR) is 81.9 cm³/mol. The molecule has 5 unspecified atom stereocenters. The maximum atomic E-state index is 10.0. The number of rotatable bonds is 7. The number of carboxylic acids is 1. The highest BCUT2D eigenvalue weighted by Gasteiger charge is 2.29. The zero-order valence-electron chi connectivity index (χ0n) is 13.5. The normalized spacial score (nSPS) is 17.0.